The van der Waals surface area contributed by atoms with Gasteiger partial charge in [0.2, 0.25) is 5.91 Å². The summed E-state index contributed by atoms with van der Waals surface area (Å²) in [6, 6.07) is 0. The Morgan fingerprint density at radius 1 is 1.62 bits per heavy atom. The van der Waals surface area contributed by atoms with Crippen molar-refractivity contribution in [1.29, 1.82) is 0 Å². The van der Waals surface area contributed by atoms with E-state index in [0.29, 0.717) is 25.3 Å². The van der Waals surface area contributed by atoms with Crippen molar-refractivity contribution < 1.29 is 4.79 Å². The molecule has 0 aliphatic carbocycles. The molecule has 0 aromatic carbocycles. The van der Waals surface area contributed by atoms with Crippen LogP contribution in [0.15, 0.2) is 23.7 Å². The summed E-state index contributed by atoms with van der Waals surface area (Å²) in [4.78, 5) is 23.9. The molecule has 1 fully saturated rings. The maximum Gasteiger partial charge on any atom is 0.228 e. The highest BCUT2D eigenvalue weighted by Crippen LogP contribution is 2.22. The van der Waals surface area contributed by atoms with Gasteiger partial charge in [0, 0.05) is 36.8 Å². The molecule has 1 aliphatic heterocycles. The number of rotatable bonds is 3. The van der Waals surface area contributed by atoms with E-state index in [9.17, 15) is 4.79 Å². The van der Waals surface area contributed by atoms with Gasteiger partial charge in [-0.2, -0.15) is 0 Å². The molecular weight excluding hydrogens is 208 g/mol. The molecule has 0 spiro atoms. The molecule has 0 bridgehead atoms. The number of nitrogens with zero attached hydrogens (tertiary/aromatic N) is 6. The molecule has 1 saturated heterocycles. The number of hydrogen-bond donors (Lipinski definition) is 0. The van der Waals surface area contributed by atoms with Crippen molar-refractivity contribution in [3.8, 4) is 0 Å². The summed E-state index contributed by atoms with van der Waals surface area (Å²) >= 11 is 0. The van der Waals surface area contributed by atoms with Gasteiger partial charge >= 0.3 is 0 Å². The first-order valence-corrected chi connectivity index (χ1v) is 4.88. The lowest BCUT2D eigenvalue weighted by Crippen LogP contribution is -2.25. The first kappa shape index (κ1) is 10.4. The SMILES string of the molecule is [N-]=[N+]=NCC1CC(=O)N(c2cnccn2)C1. The molecule has 0 N–H and O–H groups in total. The van der Waals surface area contributed by atoms with Crippen LogP contribution in [0.3, 0.4) is 0 Å². The maximum absolute atomic E-state index is 11.7. The summed E-state index contributed by atoms with van der Waals surface area (Å²) < 4.78 is 0. The molecule has 16 heavy (non-hydrogen) atoms. The highest BCUT2D eigenvalue weighted by Gasteiger charge is 2.30. The van der Waals surface area contributed by atoms with Gasteiger partial charge in [0.25, 0.3) is 0 Å². The molecule has 82 valence electrons. The Balaban J connectivity index is 2.08. The molecule has 0 radical (unpaired) electrons. The van der Waals surface area contributed by atoms with Crippen molar-refractivity contribution in [2.24, 2.45) is 11.0 Å². The summed E-state index contributed by atoms with van der Waals surface area (Å²) in [5.41, 5.74) is 8.21. The normalized spacial score (nSPS) is 19.6. The van der Waals surface area contributed by atoms with Gasteiger partial charge in [-0.15, -0.1) is 0 Å². The average Bonchev–Trinajstić information content (AvgIpc) is 2.69. The molecule has 1 aliphatic rings. The third-order valence-corrected chi connectivity index (χ3v) is 2.43. The van der Waals surface area contributed by atoms with Crippen LogP contribution in [0.1, 0.15) is 6.42 Å². The number of aromatic nitrogens is 2. The van der Waals surface area contributed by atoms with Gasteiger partial charge < -0.3 is 0 Å². The molecule has 0 saturated carbocycles. The van der Waals surface area contributed by atoms with E-state index in [1.807, 2.05) is 0 Å². The second-order valence-electron chi connectivity index (χ2n) is 3.55. The maximum atomic E-state index is 11.7. The number of amides is 1. The Bertz CT molecular complexity index is 427. The molecule has 1 aromatic heterocycles. The Morgan fingerprint density at radius 2 is 2.50 bits per heavy atom. The van der Waals surface area contributed by atoms with Crippen LogP contribution in [0.2, 0.25) is 0 Å². The number of carbonyl (C=O) groups excluding carboxylic acids is 1. The zero-order valence-electron chi connectivity index (χ0n) is 8.52. The highest BCUT2D eigenvalue weighted by molar-refractivity contribution is 5.94. The van der Waals surface area contributed by atoms with Gasteiger partial charge in [0.15, 0.2) is 5.82 Å². The zero-order chi connectivity index (χ0) is 11.4. The summed E-state index contributed by atoms with van der Waals surface area (Å²) in [5, 5.41) is 3.48. The predicted molar refractivity (Wildman–Crippen MR) is 56.5 cm³/mol. The van der Waals surface area contributed by atoms with Crippen LogP contribution in [-0.2, 0) is 4.79 Å². The van der Waals surface area contributed by atoms with Gasteiger partial charge in [0.1, 0.15) is 0 Å². The van der Waals surface area contributed by atoms with Crippen molar-refractivity contribution in [2.45, 2.75) is 6.42 Å². The third kappa shape index (κ3) is 2.09. The van der Waals surface area contributed by atoms with Gasteiger partial charge in [-0.05, 0) is 11.4 Å². The van der Waals surface area contributed by atoms with E-state index in [4.69, 9.17) is 5.53 Å². The molecule has 7 nitrogen and oxygen atoms in total. The fourth-order valence-electron chi connectivity index (χ4n) is 1.71. The van der Waals surface area contributed by atoms with Crippen molar-refractivity contribution >= 4 is 11.7 Å². The minimum Gasteiger partial charge on any atom is -0.295 e. The first-order valence-electron chi connectivity index (χ1n) is 4.88. The Kier molecular flexibility index (Phi) is 2.98. The van der Waals surface area contributed by atoms with E-state index in [0.717, 1.165) is 0 Å². The van der Waals surface area contributed by atoms with E-state index in [1.165, 1.54) is 0 Å². The van der Waals surface area contributed by atoms with Gasteiger partial charge in [-0.3, -0.25) is 14.7 Å². The lowest BCUT2D eigenvalue weighted by Gasteiger charge is -2.13. The fourth-order valence-corrected chi connectivity index (χ4v) is 1.71. The van der Waals surface area contributed by atoms with Crippen LogP contribution < -0.4 is 4.90 Å². The molecule has 7 heteroatoms. The van der Waals surface area contributed by atoms with Crippen LogP contribution in [0.4, 0.5) is 5.82 Å². The molecular formula is C9H10N6O. The monoisotopic (exact) mass is 218 g/mol. The lowest BCUT2D eigenvalue weighted by molar-refractivity contribution is -0.117. The molecule has 1 amide bonds. The minimum atomic E-state index is -0.00126. The van der Waals surface area contributed by atoms with E-state index in [-0.39, 0.29) is 11.8 Å². The van der Waals surface area contributed by atoms with Crippen LogP contribution in [-0.4, -0.2) is 29.0 Å². The van der Waals surface area contributed by atoms with Gasteiger partial charge in [-0.1, -0.05) is 5.11 Å². The zero-order valence-corrected chi connectivity index (χ0v) is 8.52. The Morgan fingerprint density at radius 3 is 3.19 bits per heavy atom. The molecule has 2 rings (SSSR count). The first-order chi connectivity index (χ1) is 7.81. The van der Waals surface area contributed by atoms with Crippen LogP contribution in [0.5, 0.6) is 0 Å². The third-order valence-electron chi connectivity index (χ3n) is 2.43. The molecule has 1 atom stereocenters. The average molecular weight is 218 g/mol. The van der Waals surface area contributed by atoms with Crippen LogP contribution >= 0.6 is 0 Å². The van der Waals surface area contributed by atoms with E-state index in [2.05, 4.69) is 20.0 Å². The smallest absolute Gasteiger partial charge is 0.228 e. The van der Waals surface area contributed by atoms with Crippen molar-refractivity contribution in [3.05, 3.63) is 29.0 Å². The molecule has 1 aromatic rings. The van der Waals surface area contributed by atoms with Crippen LogP contribution in [0.25, 0.3) is 10.4 Å². The van der Waals surface area contributed by atoms with E-state index < -0.39 is 0 Å². The summed E-state index contributed by atoms with van der Waals surface area (Å²) in [5.74, 6) is 0.625. The predicted octanol–water partition coefficient (Wildman–Crippen LogP) is 1.14. The van der Waals surface area contributed by atoms with E-state index >= 15 is 0 Å². The van der Waals surface area contributed by atoms with Gasteiger partial charge in [0.05, 0.1) is 6.20 Å². The highest BCUT2D eigenvalue weighted by atomic mass is 16.2. The standard InChI is InChI=1S/C9H10N6O/c10-14-13-4-7-3-9(16)15(6-7)8-5-11-1-2-12-8/h1-2,5,7H,3-4,6H2. The second kappa shape index (κ2) is 4.59. The number of hydrogen-bond acceptors (Lipinski definition) is 4. The topological polar surface area (TPSA) is 94.9 Å². The fraction of sp³-hybridized carbons (Fsp3) is 0.444. The lowest BCUT2D eigenvalue weighted by atomic mass is 10.1. The number of carbonyl (C=O) groups is 1. The van der Waals surface area contributed by atoms with E-state index in [1.54, 1.807) is 23.5 Å². The van der Waals surface area contributed by atoms with Crippen molar-refractivity contribution in [1.82, 2.24) is 9.97 Å². The molecule has 1 unspecified atom stereocenters. The summed E-state index contributed by atoms with van der Waals surface area (Å²) in [6.45, 7) is 0.884. The number of anilines is 1. The van der Waals surface area contributed by atoms with Gasteiger partial charge in [-0.25, -0.2) is 4.98 Å². The minimum absolute atomic E-state index is 0.00126. The van der Waals surface area contributed by atoms with Crippen molar-refractivity contribution in [3.63, 3.8) is 0 Å². The second-order valence-corrected chi connectivity index (χ2v) is 3.55. The summed E-state index contributed by atoms with van der Waals surface area (Å²) in [7, 11) is 0. The quantitative estimate of drug-likeness (QED) is 0.432. The number of azide groups is 1. The Hall–Kier alpha value is -2.14. The largest absolute Gasteiger partial charge is 0.295 e. The Labute approximate surface area is 91.7 Å². The van der Waals surface area contributed by atoms with Crippen LogP contribution in [0, 0.1) is 5.92 Å². The molecule has 2 heterocycles. The summed E-state index contributed by atoms with van der Waals surface area (Å²) in [6.07, 6.45) is 5.05. The van der Waals surface area contributed by atoms with Crippen molar-refractivity contribution in [2.75, 3.05) is 18.0 Å².